The minimum Gasteiger partial charge on any atom is -0.473 e. The van der Waals surface area contributed by atoms with Gasteiger partial charge >= 0.3 is 0 Å². The highest BCUT2D eigenvalue weighted by Crippen LogP contribution is 2.51. The van der Waals surface area contributed by atoms with Crippen LogP contribution in [0.15, 0.2) is 103 Å². The molecule has 4 aromatic rings. The van der Waals surface area contributed by atoms with E-state index in [1.54, 1.807) is 0 Å². The summed E-state index contributed by atoms with van der Waals surface area (Å²) in [6.45, 7) is 1.87. The molecule has 0 bridgehead atoms. The molecule has 31 heavy (non-hydrogen) atoms. The van der Waals surface area contributed by atoms with E-state index in [9.17, 15) is 5.11 Å². The van der Waals surface area contributed by atoms with Crippen molar-refractivity contribution >= 4 is 6.08 Å². The summed E-state index contributed by atoms with van der Waals surface area (Å²) in [5, 5.41) is 11.3. The average molecular weight is 402 g/mol. The highest BCUT2D eigenvalue weighted by atomic mass is 16.5. The maximum atomic E-state index is 11.3. The van der Waals surface area contributed by atoms with Crippen molar-refractivity contribution in [2.75, 3.05) is 0 Å². The molecule has 150 valence electrons. The van der Waals surface area contributed by atoms with Gasteiger partial charge in [-0.3, -0.25) is 0 Å². The fourth-order valence-electron chi connectivity index (χ4n) is 4.99. The lowest BCUT2D eigenvalue weighted by Crippen LogP contribution is -2.34. The van der Waals surface area contributed by atoms with Gasteiger partial charge in [0.1, 0.15) is 11.4 Å². The van der Waals surface area contributed by atoms with Crippen LogP contribution in [0.3, 0.4) is 0 Å². The van der Waals surface area contributed by atoms with Gasteiger partial charge < -0.3 is 9.84 Å². The molecule has 1 aliphatic carbocycles. The van der Waals surface area contributed by atoms with Crippen LogP contribution in [0.4, 0.5) is 0 Å². The van der Waals surface area contributed by atoms with E-state index >= 15 is 0 Å². The quantitative estimate of drug-likeness (QED) is 0.428. The molecule has 2 heteroatoms. The fraction of sp³-hybridized carbons (Fsp3) is 0.103. The van der Waals surface area contributed by atoms with Crippen molar-refractivity contribution in [3.63, 3.8) is 0 Å². The molecule has 0 amide bonds. The van der Waals surface area contributed by atoms with Gasteiger partial charge in [-0.25, -0.2) is 0 Å². The largest absolute Gasteiger partial charge is 0.473 e. The lowest BCUT2D eigenvalue weighted by atomic mass is 9.83. The maximum Gasteiger partial charge on any atom is 0.178 e. The van der Waals surface area contributed by atoms with Crippen LogP contribution in [0.5, 0.6) is 5.75 Å². The molecule has 0 radical (unpaired) electrons. The van der Waals surface area contributed by atoms with Gasteiger partial charge in [-0.05, 0) is 47.4 Å². The topological polar surface area (TPSA) is 29.5 Å². The Bertz CT molecular complexity index is 1280. The molecular formula is C29H22O2. The monoisotopic (exact) mass is 402 g/mol. The average Bonchev–Trinajstić information content (AvgIpc) is 3.05. The molecule has 6 rings (SSSR count). The summed E-state index contributed by atoms with van der Waals surface area (Å²) in [6, 6.07) is 32.9. The third kappa shape index (κ3) is 2.55. The van der Waals surface area contributed by atoms with Crippen LogP contribution in [0, 0.1) is 0 Å². The van der Waals surface area contributed by atoms with Crippen LogP contribution in [0.1, 0.15) is 34.7 Å². The van der Waals surface area contributed by atoms with E-state index in [0.29, 0.717) is 0 Å². The van der Waals surface area contributed by atoms with Crippen molar-refractivity contribution in [1.82, 2.24) is 0 Å². The normalized spacial score (nSPS) is 19.8. The van der Waals surface area contributed by atoms with Crippen molar-refractivity contribution in [3.05, 3.63) is 131 Å². The minimum absolute atomic E-state index is 0.704. The first-order chi connectivity index (χ1) is 15.1. The van der Waals surface area contributed by atoms with Crippen LogP contribution in [-0.4, -0.2) is 5.11 Å². The minimum atomic E-state index is -1.01. The molecule has 1 N–H and O–H groups in total. The van der Waals surface area contributed by atoms with Gasteiger partial charge in [0, 0.05) is 16.7 Å². The first kappa shape index (κ1) is 18.2. The molecule has 1 aliphatic heterocycles. The summed E-state index contributed by atoms with van der Waals surface area (Å²) in [4.78, 5) is 0. The van der Waals surface area contributed by atoms with Crippen molar-refractivity contribution in [1.29, 1.82) is 0 Å². The smallest absolute Gasteiger partial charge is 0.178 e. The third-order valence-electron chi connectivity index (χ3n) is 6.59. The number of ether oxygens (including phenoxy) is 1. The Balaban J connectivity index is 1.56. The molecular weight excluding hydrogens is 380 g/mol. The van der Waals surface area contributed by atoms with Crippen LogP contribution in [0.2, 0.25) is 0 Å². The van der Waals surface area contributed by atoms with E-state index in [1.165, 1.54) is 0 Å². The zero-order valence-corrected chi connectivity index (χ0v) is 17.2. The Morgan fingerprint density at radius 1 is 0.677 bits per heavy atom. The third-order valence-corrected chi connectivity index (χ3v) is 6.59. The van der Waals surface area contributed by atoms with Crippen LogP contribution < -0.4 is 4.74 Å². The van der Waals surface area contributed by atoms with E-state index in [1.807, 2.05) is 61.5 Å². The van der Waals surface area contributed by atoms with E-state index in [-0.39, 0.29) is 0 Å². The number of benzene rings is 4. The van der Waals surface area contributed by atoms with Gasteiger partial charge in [0.15, 0.2) is 5.60 Å². The van der Waals surface area contributed by atoms with E-state index in [2.05, 4.69) is 54.6 Å². The Kier molecular flexibility index (Phi) is 3.77. The summed E-state index contributed by atoms with van der Waals surface area (Å²) in [5.74, 6) is 0.821. The number of fused-ring (bicyclic) bond motifs is 4. The second-order valence-corrected chi connectivity index (χ2v) is 8.46. The van der Waals surface area contributed by atoms with Crippen LogP contribution in [0.25, 0.3) is 17.2 Å². The van der Waals surface area contributed by atoms with Gasteiger partial charge in [0.05, 0.1) is 0 Å². The second-order valence-electron chi connectivity index (χ2n) is 8.46. The second kappa shape index (κ2) is 6.44. The summed E-state index contributed by atoms with van der Waals surface area (Å²) >= 11 is 0. The maximum absolute atomic E-state index is 11.3. The van der Waals surface area contributed by atoms with Crippen molar-refractivity contribution < 1.29 is 9.84 Å². The van der Waals surface area contributed by atoms with Gasteiger partial charge in [0.2, 0.25) is 0 Å². The molecule has 0 aromatic heterocycles. The van der Waals surface area contributed by atoms with Crippen molar-refractivity contribution in [3.8, 4) is 16.9 Å². The van der Waals surface area contributed by atoms with Crippen molar-refractivity contribution in [2.45, 2.75) is 18.1 Å². The molecule has 2 aliphatic rings. The first-order valence-electron chi connectivity index (χ1n) is 10.6. The van der Waals surface area contributed by atoms with Gasteiger partial charge in [0.25, 0.3) is 0 Å². The zero-order valence-electron chi connectivity index (χ0n) is 17.2. The predicted octanol–water partition coefficient (Wildman–Crippen LogP) is 6.27. The molecule has 1 heterocycles. The standard InChI is InChI=1S/C29H22O2/c1-28(30)25-15-9-8-14-23(25)24-19-27-20(18-26(24)28)16-17-29(31-27,21-10-4-2-5-11-21)22-12-6-3-7-13-22/h2-19,30H,1H3. The summed E-state index contributed by atoms with van der Waals surface area (Å²) in [6.07, 6.45) is 4.25. The highest BCUT2D eigenvalue weighted by Gasteiger charge is 2.41. The van der Waals surface area contributed by atoms with E-state index < -0.39 is 11.2 Å². The molecule has 1 atom stereocenters. The molecule has 0 saturated heterocycles. The Labute approximate surface area is 182 Å². The van der Waals surface area contributed by atoms with Crippen LogP contribution >= 0.6 is 0 Å². The predicted molar refractivity (Wildman–Crippen MR) is 124 cm³/mol. The molecule has 0 spiro atoms. The molecule has 0 fully saturated rings. The summed E-state index contributed by atoms with van der Waals surface area (Å²) in [7, 11) is 0. The lowest BCUT2D eigenvalue weighted by Gasteiger charge is -2.36. The fourth-order valence-corrected chi connectivity index (χ4v) is 4.99. The van der Waals surface area contributed by atoms with Gasteiger partial charge in [-0.1, -0.05) is 91.0 Å². The number of hydrogen-bond donors (Lipinski definition) is 1. The van der Waals surface area contributed by atoms with Gasteiger partial charge in [-0.15, -0.1) is 0 Å². The molecule has 2 nitrogen and oxygen atoms in total. The summed E-state index contributed by atoms with van der Waals surface area (Å²) in [5.41, 5.74) is 5.38. The Morgan fingerprint density at radius 2 is 1.29 bits per heavy atom. The van der Waals surface area contributed by atoms with Gasteiger partial charge in [-0.2, -0.15) is 0 Å². The zero-order chi connectivity index (χ0) is 21.1. The lowest BCUT2D eigenvalue weighted by molar-refractivity contribution is 0.107. The molecule has 0 saturated carbocycles. The number of hydrogen-bond acceptors (Lipinski definition) is 2. The SMILES string of the molecule is CC1(O)c2ccccc2-c2cc3c(cc21)C=CC(c1ccccc1)(c1ccccc1)O3. The Hall–Kier alpha value is -3.62. The first-order valence-corrected chi connectivity index (χ1v) is 10.6. The number of aliphatic hydroxyl groups is 1. The van der Waals surface area contributed by atoms with Crippen LogP contribution in [-0.2, 0) is 11.2 Å². The number of rotatable bonds is 2. The molecule has 1 unspecified atom stereocenters. The van der Waals surface area contributed by atoms with E-state index in [4.69, 9.17) is 4.74 Å². The summed E-state index contributed by atoms with van der Waals surface area (Å²) < 4.78 is 6.83. The Morgan fingerprint density at radius 3 is 1.97 bits per heavy atom. The van der Waals surface area contributed by atoms with Crippen molar-refractivity contribution in [2.24, 2.45) is 0 Å². The molecule has 4 aromatic carbocycles. The highest BCUT2D eigenvalue weighted by molar-refractivity contribution is 5.83. The van der Waals surface area contributed by atoms with E-state index in [0.717, 1.165) is 44.7 Å².